The number of ether oxygens (including phenoxy) is 4. The van der Waals surface area contributed by atoms with E-state index in [0.29, 0.717) is 26.4 Å². The number of hydrogen-bond acceptors (Lipinski definition) is 5. The van der Waals surface area contributed by atoms with Crippen molar-refractivity contribution in [3.63, 3.8) is 0 Å². The molecule has 0 aromatic heterocycles. The van der Waals surface area contributed by atoms with Crippen molar-refractivity contribution in [2.75, 3.05) is 60.8 Å². The van der Waals surface area contributed by atoms with Crippen LogP contribution < -0.4 is 20.1 Å². The van der Waals surface area contributed by atoms with Crippen molar-refractivity contribution in [1.29, 1.82) is 0 Å². The summed E-state index contributed by atoms with van der Waals surface area (Å²) in [6.45, 7) is 4.23. The summed E-state index contributed by atoms with van der Waals surface area (Å²) in [5.41, 5.74) is 0. The predicted octanol–water partition coefficient (Wildman–Crippen LogP) is 1.68. The van der Waals surface area contributed by atoms with E-state index >= 15 is 0 Å². The van der Waals surface area contributed by atoms with Gasteiger partial charge < -0.3 is 29.6 Å². The summed E-state index contributed by atoms with van der Waals surface area (Å²) in [6, 6.07) is 7.58. The fourth-order valence-corrected chi connectivity index (χ4v) is 1.99. The zero-order valence-electron chi connectivity index (χ0n) is 15.5. The molecular weight excluding hydrogens is 322 g/mol. The van der Waals surface area contributed by atoms with E-state index in [1.807, 2.05) is 24.3 Å². The van der Waals surface area contributed by atoms with Crippen LogP contribution in [0.2, 0.25) is 0 Å². The van der Waals surface area contributed by atoms with E-state index in [0.717, 1.165) is 43.4 Å². The minimum absolute atomic E-state index is 0.634. The maximum Gasteiger partial charge on any atom is 0.190 e. The van der Waals surface area contributed by atoms with E-state index in [4.69, 9.17) is 18.9 Å². The smallest absolute Gasteiger partial charge is 0.190 e. The molecule has 0 aliphatic heterocycles. The molecule has 25 heavy (non-hydrogen) atoms. The lowest BCUT2D eigenvalue weighted by atomic mass is 10.3. The van der Waals surface area contributed by atoms with Crippen molar-refractivity contribution in [1.82, 2.24) is 10.6 Å². The van der Waals surface area contributed by atoms with Crippen molar-refractivity contribution >= 4 is 5.96 Å². The van der Waals surface area contributed by atoms with Crippen molar-refractivity contribution in [2.45, 2.75) is 12.8 Å². The molecule has 0 amide bonds. The maximum absolute atomic E-state index is 5.68. The van der Waals surface area contributed by atoms with Crippen LogP contribution in [0.1, 0.15) is 12.8 Å². The quantitative estimate of drug-likeness (QED) is 0.319. The Hall–Kier alpha value is -1.99. The predicted molar refractivity (Wildman–Crippen MR) is 99.8 cm³/mol. The maximum atomic E-state index is 5.68. The van der Waals surface area contributed by atoms with E-state index in [2.05, 4.69) is 15.6 Å². The van der Waals surface area contributed by atoms with Crippen molar-refractivity contribution < 1.29 is 18.9 Å². The second kappa shape index (κ2) is 14.4. The van der Waals surface area contributed by atoms with E-state index in [9.17, 15) is 0 Å². The van der Waals surface area contributed by atoms with Crippen LogP contribution in [0, 0.1) is 0 Å². The molecule has 7 heteroatoms. The Bertz CT molecular complexity index is 466. The number of benzene rings is 1. The molecule has 0 spiro atoms. The molecule has 2 N–H and O–H groups in total. The lowest BCUT2D eigenvalue weighted by Crippen LogP contribution is -2.38. The molecule has 0 aliphatic rings. The molecular formula is C18H31N3O4. The van der Waals surface area contributed by atoms with Crippen LogP contribution in [-0.4, -0.2) is 66.7 Å². The van der Waals surface area contributed by atoms with E-state index in [-0.39, 0.29) is 0 Å². The molecule has 7 nitrogen and oxygen atoms in total. The Balaban J connectivity index is 2.02. The normalized spacial score (nSPS) is 11.2. The summed E-state index contributed by atoms with van der Waals surface area (Å²) in [7, 11) is 5.08. The Kier molecular flexibility index (Phi) is 12.1. The first-order chi connectivity index (χ1) is 12.3. The van der Waals surface area contributed by atoms with Gasteiger partial charge in [-0.2, -0.15) is 0 Å². The molecule has 142 valence electrons. The first-order valence-corrected chi connectivity index (χ1v) is 8.58. The molecule has 1 rings (SSSR count). The van der Waals surface area contributed by atoms with Crippen LogP contribution in [0.3, 0.4) is 0 Å². The Morgan fingerprint density at radius 2 is 1.52 bits per heavy atom. The van der Waals surface area contributed by atoms with Gasteiger partial charge in [0, 0.05) is 33.9 Å². The summed E-state index contributed by atoms with van der Waals surface area (Å²) in [4.78, 5) is 4.19. The highest BCUT2D eigenvalue weighted by atomic mass is 16.5. The summed E-state index contributed by atoms with van der Waals surface area (Å²) in [5, 5.41) is 6.52. The number of hydrogen-bond donors (Lipinski definition) is 2. The van der Waals surface area contributed by atoms with Crippen molar-refractivity contribution in [3.05, 3.63) is 24.3 Å². The van der Waals surface area contributed by atoms with Gasteiger partial charge in [-0.3, -0.25) is 4.99 Å². The summed E-state index contributed by atoms with van der Waals surface area (Å²) < 4.78 is 21.1. The molecule has 0 bridgehead atoms. The molecule has 0 saturated carbocycles. The van der Waals surface area contributed by atoms with Gasteiger partial charge in [0.05, 0.1) is 26.9 Å². The van der Waals surface area contributed by atoms with Gasteiger partial charge in [0.25, 0.3) is 0 Å². The van der Waals surface area contributed by atoms with Crippen LogP contribution >= 0.6 is 0 Å². The molecule has 0 atom stereocenters. The number of rotatable bonds is 13. The molecule has 0 heterocycles. The highest BCUT2D eigenvalue weighted by molar-refractivity contribution is 5.79. The fourth-order valence-electron chi connectivity index (χ4n) is 1.99. The van der Waals surface area contributed by atoms with Gasteiger partial charge in [-0.05, 0) is 37.1 Å². The molecule has 1 aromatic carbocycles. The standard InChI is InChI=1S/C18H31N3O4/c1-19-18(20-10-4-12-24-15-14-22-2)21-11-5-13-25-17-8-6-16(23-3)7-9-17/h6-9H,4-5,10-15H2,1-3H3,(H2,19,20,21). The molecule has 0 saturated heterocycles. The Morgan fingerprint density at radius 1 is 0.880 bits per heavy atom. The van der Waals surface area contributed by atoms with Gasteiger partial charge >= 0.3 is 0 Å². The lowest BCUT2D eigenvalue weighted by molar-refractivity contribution is 0.0698. The topological polar surface area (TPSA) is 73.3 Å². The second-order valence-electron chi connectivity index (χ2n) is 5.26. The summed E-state index contributed by atoms with van der Waals surface area (Å²) in [5.74, 6) is 2.46. The first-order valence-electron chi connectivity index (χ1n) is 8.58. The van der Waals surface area contributed by atoms with E-state index in [1.54, 1.807) is 21.3 Å². The molecule has 0 unspecified atom stereocenters. The van der Waals surface area contributed by atoms with E-state index < -0.39 is 0 Å². The third kappa shape index (κ3) is 10.5. The number of guanidine groups is 1. The van der Waals surface area contributed by atoms with Crippen molar-refractivity contribution in [2.24, 2.45) is 4.99 Å². The van der Waals surface area contributed by atoms with Crippen LogP contribution in [0.5, 0.6) is 11.5 Å². The van der Waals surface area contributed by atoms with Crippen LogP contribution in [0.25, 0.3) is 0 Å². The molecule has 1 aromatic rings. The zero-order valence-corrected chi connectivity index (χ0v) is 15.5. The number of nitrogens with zero attached hydrogens (tertiary/aromatic N) is 1. The van der Waals surface area contributed by atoms with Crippen molar-refractivity contribution in [3.8, 4) is 11.5 Å². The Labute approximate surface area is 150 Å². The van der Waals surface area contributed by atoms with Gasteiger partial charge in [0.2, 0.25) is 0 Å². The minimum atomic E-state index is 0.634. The fraction of sp³-hybridized carbons (Fsp3) is 0.611. The average molecular weight is 353 g/mol. The van der Waals surface area contributed by atoms with Gasteiger partial charge in [-0.1, -0.05) is 0 Å². The van der Waals surface area contributed by atoms with Gasteiger partial charge in [-0.15, -0.1) is 0 Å². The summed E-state index contributed by atoms with van der Waals surface area (Å²) in [6.07, 6.45) is 1.80. The summed E-state index contributed by atoms with van der Waals surface area (Å²) >= 11 is 0. The average Bonchev–Trinajstić information content (AvgIpc) is 2.65. The second-order valence-corrected chi connectivity index (χ2v) is 5.26. The minimum Gasteiger partial charge on any atom is -0.497 e. The zero-order chi connectivity index (χ0) is 18.2. The monoisotopic (exact) mass is 353 g/mol. The first kappa shape index (κ1) is 21.1. The van der Waals surface area contributed by atoms with Gasteiger partial charge in [0.15, 0.2) is 5.96 Å². The highest BCUT2D eigenvalue weighted by Gasteiger charge is 1.98. The number of nitrogens with one attached hydrogen (secondary N) is 2. The van der Waals surface area contributed by atoms with Gasteiger partial charge in [0.1, 0.15) is 11.5 Å². The van der Waals surface area contributed by atoms with Crippen LogP contribution in [0.15, 0.2) is 29.3 Å². The number of aliphatic imine (C=N–C) groups is 1. The highest BCUT2D eigenvalue weighted by Crippen LogP contribution is 2.16. The molecule has 0 radical (unpaired) electrons. The third-order valence-corrected chi connectivity index (χ3v) is 3.36. The lowest BCUT2D eigenvalue weighted by Gasteiger charge is -2.12. The van der Waals surface area contributed by atoms with Gasteiger partial charge in [-0.25, -0.2) is 0 Å². The Morgan fingerprint density at radius 3 is 2.12 bits per heavy atom. The van der Waals surface area contributed by atoms with Crippen LogP contribution in [0.4, 0.5) is 0 Å². The molecule has 0 aliphatic carbocycles. The SMILES string of the molecule is CN=C(NCCCOCCOC)NCCCOc1ccc(OC)cc1. The van der Waals surface area contributed by atoms with E-state index in [1.165, 1.54) is 0 Å². The third-order valence-electron chi connectivity index (χ3n) is 3.36. The van der Waals surface area contributed by atoms with Crippen LogP contribution in [-0.2, 0) is 9.47 Å². The molecule has 0 fully saturated rings. The largest absolute Gasteiger partial charge is 0.497 e. The number of methoxy groups -OCH3 is 2.